The van der Waals surface area contributed by atoms with Gasteiger partial charge in [-0.25, -0.2) is 13.2 Å². The molecule has 0 saturated carbocycles. The molecule has 4 rings (SSSR count). The smallest absolute Gasteiger partial charge is 0.376 e. The van der Waals surface area contributed by atoms with Gasteiger partial charge in [-0.05, 0) is 62.1 Å². The maximum atomic E-state index is 13.0. The van der Waals surface area contributed by atoms with Gasteiger partial charge in [-0.3, -0.25) is 4.79 Å². The van der Waals surface area contributed by atoms with Crippen molar-refractivity contribution in [1.82, 2.24) is 4.31 Å². The molecule has 0 spiro atoms. The van der Waals surface area contributed by atoms with E-state index in [4.69, 9.17) is 9.15 Å². The summed E-state index contributed by atoms with van der Waals surface area (Å²) in [4.78, 5) is 25.4. The van der Waals surface area contributed by atoms with E-state index in [9.17, 15) is 18.0 Å². The van der Waals surface area contributed by atoms with Crippen LogP contribution in [0.15, 0.2) is 57.8 Å². The topological polar surface area (TPSA) is 106 Å². The van der Waals surface area contributed by atoms with Gasteiger partial charge >= 0.3 is 5.97 Å². The third-order valence-electron chi connectivity index (χ3n) is 5.67. The number of piperidine rings is 1. The van der Waals surface area contributed by atoms with Crippen LogP contribution in [0.2, 0.25) is 0 Å². The Labute approximate surface area is 192 Å². The molecule has 174 valence electrons. The molecule has 2 heterocycles. The fourth-order valence-corrected chi connectivity index (χ4v) is 5.59. The average molecular weight is 471 g/mol. The van der Waals surface area contributed by atoms with E-state index in [-0.39, 0.29) is 28.5 Å². The Balaban J connectivity index is 1.58. The van der Waals surface area contributed by atoms with E-state index in [2.05, 4.69) is 5.32 Å². The van der Waals surface area contributed by atoms with Crippen molar-refractivity contribution in [2.45, 2.75) is 31.6 Å². The van der Waals surface area contributed by atoms with Crippen LogP contribution in [-0.2, 0) is 14.8 Å². The standard InChI is InChI=1S/C24H26N2O6S/c1-3-31-24(28)22-21(19-8-4-5-9-20(19)32-22)25-23(27)17-10-12-18(13-11-17)33(29,30)26-14-6-7-16(2)15-26/h4-5,8-13,16H,3,6-7,14-15H2,1-2H3,(H,25,27)/t16-/m1/s1. The van der Waals surface area contributed by atoms with Gasteiger partial charge in [0.25, 0.3) is 5.91 Å². The first kappa shape index (κ1) is 23.0. The Bertz CT molecular complexity index is 1280. The molecule has 3 aromatic rings. The van der Waals surface area contributed by atoms with Crippen molar-refractivity contribution in [3.05, 3.63) is 59.9 Å². The summed E-state index contributed by atoms with van der Waals surface area (Å²) in [5.74, 6) is -0.953. The van der Waals surface area contributed by atoms with Crippen LogP contribution in [0, 0.1) is 5.92 Å². The van der Waals surface area contributed by atoms with Crippen molar-refractivity contribution in [3.63, 3.8) is 0 Å². The average Bonchev–Trinajstić information content (AvgIpc) is 3.18. The Morgan fingerprint density at radius 1 is 1.15 bits per heavy atom. The van der Waals surface area contributed by atoms with Gasteiger partial charge in [-0.1, -0.05) is 19.1 Å². The number of nitrogens with zero attached hydrogens (tertiary/aromatic N) is 1. The van der Waals surface area contributed by atoms with Crippen LogP contribution in [0.4, 0.5) is 5.69 Å². The number of carbonyl (C=O) groups excluding carboxylic acids is 2. The van der Waals surface area contributed by atoms with E-state index in [1.54, 1.807) is 31.2 Å². The lowest BCUT2D eigenvalue weighted by Gasteiger charge is -2.30. The maximum absolute atomic E-state index is 13.0. The predicted octanol–water partition coefficient (Wildman–Crippen LogP) is 4.28. The molecule has 1 fully saturated rings. The molecule has 1 saturated heterocycles. The van der Waals surface area contributed by atoms with E-state index in [0.717, 1.165) is 12.8 Å². The van der Waals surface area contributed by atoms with Crippen LogP contribution in [0.3, 0.4) is 0 Å². The van der Waals surface area contributed by atoms with Crippen LogP contribution in [0.1, 0.15) is 47.6 Å². The molecule has 1 amide bonds. The minimum Gasteiger partial charge on any atom is -0.460 e. The number of amides is 1. The number of hydrogen-bond donors (Lipinski definition) is 1. The molecule has 0 bridgehead atoms. The van der Waals surface area contributed by atoms with Gasteiger partial charge in [-0.2, -0.15) is 4.31 Å². The molecule has 33 heavy (non-hydrogen) atoms. The summed E-state index contributed by atoms with van der Waals surface area (Å²) in [5, 5.41) is 3.29. The van der Waals surface area contributed by atoms with Crippen LogP contribution in [0.25, 0.3) is 11.0 Å². The fraction of sp³-hybridized carbons (Fsp3) is 0.333. The van der Waals surface area contributed by atoms with E-state index < -0.39 is 21.9 Å². The highest BCUT2D eigenvalue weighted by molar-refractivity contribution is 7.89. The molecular weight excluding hydrogens is 444 g/mol. The largest absolute Gasteiger partial charge is 0.460 e. The summed E-state index contributed by atoms with van der Waals surface area (Å²) in [6.07, 6.45) is 1.85. The van der Waals surface area contributed by atoms with Crippen LogP contribution >= 0.6 is 0 Å². The van der Waals surface area contributed by atoms with E-state index >= 15 is 0 Å². The molecule has 0 unspecified atom stereocenters. The Morgan fingerprint density at radius 2 is 1.88 bits per heavy atom. The van der Waals surface area contributed by atoms with Crippen LogP contribution in [0.5, 0.6) is 0 Å². The predicted molar refractivity (Wildman–Crippen MR) is 124 cm³/mol. The first-order valence-electron chi connectivity index (χ1n) is 10.9. The summed E-state index contributed by atoms with van der Waals surface area (Å²) < 4.78 is 38.1. The molecule has 1 aromatic heterocycles. The van der Waals surface area contributed by atoms with Gasteiger partial charge < -0.3 is 14.5 Å². The van der Waals surface area contributed by atoms with Gasteiger partial charge in [0.05, 0.1) is 11.5 Å². The lowest BCUT2D eigenvalue weighted by Crippen LogP contribution is -2.39. The minimum atomic E-state index is -3.62. The first-order valence-corrected chi connectivity index (χ1v) is 12.4. The number of sulfonamides is 1. The van der Waals surface area contributed by atoms with Crippen LogP contribution in [-0.4, -0.2) is 44.3 Å². The molecule has 0 aliphatic carbocycles. The third-order valence-corrected chi connectivity index (χ3v) is 7.55. The highest BCUT2D eigenvalue weighted by Crippen LogP contribution is 2.32. The normalized spacial score (nSPS) is 17.1. The molecule has 1 aliphatic heterocycles. The van der Waals surface area contributed by atoms with Crippen molar-refractivity contribution >= 4 is 38.6 Å². The zero-order valence-corrected chi connectivity index (χ0v) is 19.4. The fourth-order valence-electron chi connectivity index (χ4n) is 3.99. The minimum absolute atomic E-state index is 0.0928. The Hall–Kier alpha value is -3.17. The number of furan rings is 1. The van der Waals surface area contributed by atoms with E-state index in [1.165, 1.54) is 28.6 Å². The number of anilines is 1. The molecule has 2 aromatic carbocycles. The zero-order valence-electron chi connectivity index (χ0n) is 18.5. The lowest BCUT2D eigenvalue weighted by molar-refractivity contribution is 0.0494. The second-order valence-electron chi connectivity index (χ2n) is 8.11. The maximum Gasteiger partial charge on any atom is 0.376 e. The second kappa shape index (κ2) is 9.36. The number of para-hydroxylation sites is 1. The quantitative estimate of drug-likeness (QED) is 0.539. The SMILES string of the molecule is CCOC(=O)c1oc2ccccc2c1NC(=O)c1ccc(S(=O)(=O)N2CCC[C@@H](C)C2)cc1. The monoisotopic (exact) mass is 470 g/mol. The van der Waals surface area contributed by atoms with Gasteiger partial charge in [-0.15, -0.1) is 0 Å². The molecule has 1 aliphatic rings. The highest BCUT2D eigenvalue weighted by atomic mass is 32.2. The highest BCUT2D eigenvalue weighted by Gasteiger charge is 2.29. The number of ether oxygens (including phenoxy) is 1. The number of fused-ring (bicyclic) bond motifs is 1. The van der Waals surface area contributed by atoms with E-state index in [0.29, 0.717) is 30.0 Å². The first-order chi connectivity index (χ1) is 15.8. The van der Waals surface area contributed by atoms with Crippen molar-refractivity contribution in [2.75, 3.05) is 25.0 Å². The summed E-state index contributed by atoms with van der Waals surface area (Å²) in [6.45, 7) is 4.88. The molecule has 1 N–H and O–H groups in total. The van der Waals surface area contributed by atoms with Gasteiger partial charge in [0.1, 0.15) is 11.3 Å². The Morgan fingerprint density at radius 3 is 2.58 bits per heavy atom. The van der Waals surface area contributed by atoms with Crippen molar-refractivity contribution in [1.29, 1.82) is 0 Å². The molecule has 1 atom stereocenters. The molecular formula is C24H26N2O6S. The molecule has 8 nitrogen and oxygen atoms in total. The number of rotatable bonds is 6. The van der Waals surface area contributed by atoms with Crippen molar-refractivity contribution < 1.29 is 27.2 Å². The summed E-state index contributed by atoms with van der Waals surface area (Å²) >= 11 is 0. The van der Waals surface area contributed by atoms with Crippen molar-refractivity contribution in [3.8, 4) is 0 Å². The van der Waals surface area contributed by atoms with Gasteiger partial charge in [0.2, 0.25) is 15.8 Å². The van der Waals surface area contributed by atoms with Gasteiger partial charge in [0.15, 0.2) is 0 Å². The lowest BCUT2D eigenvalue weighted by atomic mass is 10.0. The second-order valence-corrected chi connectivity index (χ2v) is 10.0. The van der Waals surface area contributed by atoms with Gasteiger partial charge in [0, 0.05) is 24.0 Å². The van der Waals surface area contributed by atoms with E-state index in [1.807, 2.05) is 6.92 Å². The number of nitrogens with one attached hydrogen (secondary N) is 1. The summed E-state index contributed by atoms with van der Waals surface area (Å²) in [6, 6.07) is 12.7. The molecule has 9 heteroatoms. The number of hydrogen-bond acceptors (Lipinski definition) is 6. The zero-order chi connectivity index (χ0) is 23.6. The number of carbonyl (C=O) groups is 2. The molecule has 0 radical (unpaired) electrons. The summed E-state index contributed by atoms with van der Waals surface area (Å²) in [5.41, 5.74) is 0.905. The number of benzene rings is 2. The Kier molecular flexibility index (Phi) is 6.53. The number of esters is 1. The third kappa shape index (κ3) is 4.65. The summed E-state index contributed by atoms with van der Waals surface area (Å²) in [7, 11) is -3.62. The van der Waals surface area contributed by atoms with Crippen LogP contribution < -0.4 is 5.32 Å². The van der Waals surface area contributed by atoms with Crippen molar-refractivity contribution in [2.24, 2.45) is 5.92 Å².